The normalized spacial score (nSPS) is 9.62. The third-order valence-corrected chi connectivity index (χ3v) is 3.55. The first-order valence-corrected chi connectivity index (χ1v) is 7.07. The van der Waals surface area contributed by atoms with E-state index in [1.165, 1.54) is 11.3 Å². The molecular weight excluding hydrogens is 288 g/mol. The number of nitrogens with zero attached hydrogens (tertiary/aromatic N) is 1. The number of nitrogens with one attached hydrogen (secondary N) is 1. The van der Waals surface area contributed by atoms with Crippen molar-refractivity contribution < 1.29 is 14.6 Å². The molecule has 2 N–H and O–H groups in total. The average Bonchev–Trinajstić information content (AvgIpc) is 2.99. The number of amides is 1. The van der Waals surface area contributed by atoms with Crippen LogP contribution in [0.15, 0.2) is 29.8 Å². The molecule has 0 radical (unpaired) electrons. The van der Waals surface area contributed by atoms with Gasteiger partial charge in [-0.1, -0.05) is 11.8 Å². The van der Waals surface area contributed by atoms with Crippen LogP contribution in [0.1, 0.15) is 20.8 Å². The van der Waals surface area contributed by atoms with E-state index < -0.39 is 0 Å². The van der Waals surface area contributed by atoms with Crippen molar-refractivity contribution >= 4 is 17.2 Å². The molecule has 0 spiro atoms. The summed E-state index contributed by atoms with van der Waals surface area (Å²) in [5.41, 5.74) is 1.52. The molecule has 2 aromatic rings. The van der Waals surface area contributed by atoms with Crippen molar-refractivity contribution in [1.82, 2.24) is 10.3 Å². The van der Waals surface area contributed by atoms with Gasteiger partial charge < -0.3 is 15.2 Å². The number of aliphatic hydroxyl groups excluding tert-OH is 1. The average molecular weight is 302 g/mol. The molecule has 0 unspecified atom stereocenters. The Kier molecular flexibility index (Phi) is 5.32. The zero-order valence-corrected chi connectivity index (χ0v) is 12.2. The quantitative estimate of drug-likeness (QED) is 0.838. The zero-order chi connectivity index (χ0) is 15.1. The predicted octanol–water partition coefficient (Wildman–Crippen LogP) is 1.43. The Morgan fingerprint density at radius 1 is 1.52 bits per heavy atom. The van der Waals surface area contributed by atoms with Gasteiger partial charge in [-0.2, -0.15) is 0 Å². The molecule has 6 heteroatoms. The molecule has 0 bridgehead atoms. The summed E-state index contributed by atoms with van der Waals surface area (Å²) in [5.74, 6) is 5.62. The number of rotatable bonds is 4. The van der Waals surface area contributed by atoms with Gasteiger partial charge in [-0.15, -0.1) is 11.3 Å². The standard InChI is InChI=1S/C15H14N2O3S/c1-20-13-9-11(4-6-16-13)10-17-15(19)14-12(3-2-7-18)5-8-21-14/h4-6,8-9,18H,7,10H2,1H3,(H,17,19). The molecule has 0 atom stereocenters. The zero-order valence-electron chi connectivity index (χ0n) is 11.4. The van der Waals surface area contributed by atoms with E-state index in [2.05, 4.69) is 22.1 Å². The maximum absolute atomic E-state index is 12.1. The van der Waals surface area contributed by atoms with Crippen LogP contribution in [0.3, 0.4) is 0 Å². The lowest BCUT2D eigenvalue weighted by molar-refractivity contribution is 0.0954. The molecule has 2 rings (SSSR count). The Bertz CT molecular complexity index is 685. The number of aromatic nitrogens is 1. The number of hydrogen-bond acceptors (Lipinski definition) is 5. The number of hydrogen-bond donors (Lipinski definition) is 2. The molecule has 0 fully saturated rings. The van der Waals surface area contributed by atoms with Gasteiger partial charge >= 0.3 is 0 Å². The number of carbonyl (C=O) groups excluding carboxylic acids is 1. The Balaban J connectivity index is 2.03. The number of pyridine rings is 1. The molecule has 0 aliphatic heterocycles. The third kappa shape index (κ3) is 4.05. The Labute approximate surface area is 126 Å². The van der Waals surface area contributed by atoms with Gasteiger partial charge in [0.25, 0.3) is 5.91 Å². The highest BCUT2D eigenvalue weighted by atomic mass is 32.1. The summed E-state index contributed by atoms with van der Waals surface area (Å²) in [7, 11) is 1.54. The molecule has 2 heterocycles. The van der Waals surface area contributed by atoms with E-state index in [-0.39, 0.29) is 12.5 Å². The minimum Gasteiger partial charge on any atom is -0.481 e. The summed E-state index contributed by atoms with van der Waals surface area (Å²) in [6, 6.07) is 5.34. The van der Waals surface area contributed by atoms with Crippen LogP contribution in [-0.2, 0) is 6.54 Å². The van der Waals surface area contributed by atoms with Gasteiger partial charge in [0.15, 0.2) is 0 Å². The van der Waals surface area contributed by atoms with Gasteiger partial charge in [-0.05, 0) is 23.1 Å². The molecular formula is C15H14N2O3S. The second kappa shape index (κ2) is 7.43. The first-order chi connectivity index (χ1) is 10.2. The van der Waals surface area contributed by atoms with E-state index in [1.807, 2.05) is 6.07 Å². The summed E-state index contributed by atoms with van der Waals surface area (Å²) in [4.78, 5) is 16.7. The molecule has 108 valence electrons. The van der Waals surface area contributed by atoms with Gasteiger partial charge in [-0.25, -0.2) is 4.98 Å². The van der Waals surface area contributed by atoms with Gasteiger partial charge in [0, 0.05) is 24.4 Å². The SMILES string of the molecule is COc1cc(CNC(=O)c2sccc2C#CCO)ccn1. The van der Waals surface area contributed by atoms with E-state index >= 15 is 0 Å². The minimum atomic E-state index is -0.228. The topological polar surface area (TPSA) is 71.5 Å². The lowest BCUT2D eigenvalue weighted by Crippen LogP contribution is -2.22. The fourth-order valence-corrected chi connectivity index (χ4v) is 2.42. The highest BCUT2D eigenvalue weighted by molar-refractivity contribution is 7.12. The van der Waals surface area contributed by atoms with Crippen molar-refractivity contribution in [2.75, 3.05) is 13.7 Å². The molecule has 1 amide bonds. The first-order valence-electron chi connectivity index (χ1n) is 6.19. The molecule has 0 aromatic carbocycles. The largest absolute Gasteiger partial charge is 0.481 e. The second-order valence-corrected chi connectivity index (χ2v) is 4.93. The van der Waals surface area contributed by atoms with Crippen molar-refractivity contribution in [3.05, 3.63) is 45.8 Å². The summed E-state index contributed by atoms with van der Waals surface area (Å²) < 4.78 is 5.03. The summed E-state index contributed by atoms with van der Waals surface area (Å²) in [6.07, 6.45) is 1.63. The monoisotopic (exact) mass is 302 g/mol. The molecule has 5 nitrogen and oxygen atoms in total. The van der Waals surface area contributed by atoms with Crippen LogP contribution in [-0.4, -0.2) is 29.7 Å². The highest BCUT2D eigenvalue weighted by Crippen LogP contribution is 2.16. The van der Waals surface area contributed by atoms with Crippen LogP contribution < -0.4 is 10.1 Å². The van der Waals surface area contributed by atoms with Crippen LogP contribution in [0, 0.1) is 11.8 Å². The van der Waals surface area contributed by atoms with Gasteiger partial charge in [-0.3, -0.25) is 4.79 Å². The molecule has 21 heavy (non-hydrogen) atoms. The molecule has 0 aliphatic carbocycles. The fourth-order valence-electron chi connectivity index (χ4n) is 1.65. The molecule has 2 aromatic heterocycles. The van der Waals surface area contributed by atoms with Gasteiger partial charge in [0.05, 0.1) is 7.11 Å². The number of methoxy groups -OCH3 is 1. The van der Waals surface area contributed by atoms with E-state index in [0.717, 1.165) is 5.56 Å². The van der Waals surface area contributed by atoms with Crippen LogP contribution in [0.5, 0.6) is 5.88 Å². The van der Waals surface area contributed by atoms with Crippen LogP contribution in [0.2, 0.25) is 0 Å². The van der Waals surface area contributed by atoms with E-state index in [1.54, 1.807) is 30.8 Å². The second-order valence-electron chi connectivity index (χ2n) is 4.01. The Morgan fingerprint density at radius 2 is 2.38 bits per heavy atom. The van der Waals surface area contributed by atoms with Crippen LogP contribution >= 0.6 is 11.3 Å². The van der Waals surface area contributed by atoms with Crippen molar-refractivity contribution in [3.63, 3.8) is 0 Å². The predicted molar refractivity (Wildman–Crippen MR) is 80.2 cm³/mol. The lowest BCUT2D eigenvalue weighted by Gasteiger charge is -2.05. The summed E-state index contributed by atoms with van der Waals surface area (Å²) in [5, 5.41) is 13.3. The molecule has 0 saturated heterocycles. The van der Waals surface area contributed by atoms with Crippen molar-refractivity contribution in [3.8, 4) is 17.7 Å². The smallest absolute Gasteiger partial charge is 0.262 e. The van der Waals surface area contributed by atoms with Crippen LogP contribution in [0.25, 0.3) is 0 Å². The molecule has 0 saturated carbocycles. The highest BCUT2D eigenvalue weighted by Gasteiger charge is 2.11. The Morgan fingerprint density at radius 3 is 3.14 bits per heavy atom. The number of thiophene rings is 1. The van der Waals surface area contributed by atoms with E-state index in [0.29, 0.717) is 22.9 Å². The van der Waals surface area contributed by atoms with Crippen molar-refractivity contribution in [1.29, 1.82) is 0 Å². The number of ether oxygens (including phenoxy) is 1. The first kappa shape index (κ1) is 15.0. The van der Waals surface area contributed by atoms with Crippen molar-refractivity contribution in [2.24, 2.45) is 0 Å². The third-order valence-electron chi connectivity index (χ3n) is 2.64. The Hall–Kier alpha value is -2.36. The summed E-state index contributed by atoms with van der Waals surface area (Å²) >= 11 is 1.32. The van der Waals surface area contributed by atoms with E-state index in [4.69, 9.17) is 9.84 Å². The fraction of sp³-hybridized carbons (Fsp3) is 0.200. The number of aliphatic hydroxyl groups is 1. The number of carbonyl (C=O) groups is 1. The maximum atomic E-state index is 12.1. The van der Waals surface area contributed by atoms with Crippen LogP contribution in [0.4, 0.5) is 0 Å². The van der Waals surface area contributed by atoms with Crippen molar-refractivity contribution in [2.45, 2.75) is 6.54 Å². The van der Waals surface area contributed by atoms with E-state index in [9.17, 15) is 4.79 Å². The minimum absolute atomic E-state index is 0.192. The lowest BCUT2D eigenvalue weighted by atomic mass is 10.2. The van der Waals surface area contributed by atoms with Gasteiger partial charge in [0.1, 0.15) is 11.5 Å². The van der Waals surface area contributed by atoms with Gasteiger partial charge in [0.2, 0.25) is 5.88 Å². The maximum Gasteiger partial charge on any atom is 0.262 e. The molecule has 0 aliphatic rings. The summed E-state index contributed by atoms with van der Waals surface area (Å²) in [6.45, 7) is 0.149.